The van der Waals surface area contributed by atoms with Gasteiger partial charge in [-0.2, -0.15) is 0 Å². The van der Waals surface area contributed by atoms with Gasteiger partial charge in [0, 0.05) is 24.2 Å². The van der Waals surface area contributed by atoms with Gasteiger partial charge in [0.05, 0.1) is 12.2 Å². The van der Waals surface area contributed by atoms with Crippen molar-refractivity contribution in [3.63, 3.8) is 0 Å². The molecule has 4 nitrogen and oxygen atoms in total. The Morgan fingerprint density at radius 1 is 1.26 bits per heavy atom. The van der Waals surface area contributed by atoms with Crippen molar-refractivity contribution in [1.29, 1.82) is 0 Å². The zero-order valence-corrected chi connectivity index (χ0v) is 11.3. The van der Waals surface area contributed by atoms with Gasteiger partial charge < -0.3 is 14.4 Å². The van der Waals surface area contributed by atoms with Crippen LogP contribution in [0.25, 0.3) is 5.69 Å². The van der Waals surface area contributed by atoms with Crippen LogP contribution in [0.5, 0.6) is 0 Å². The molecule has 0 aliphatic rings. The minimum atomic E-state index is -0.893. The topological polar surface area (TPSA) is 51.5 Å². The van der Waals surface area contributed by atoms with Gasteiger partial charge >= 0.3 is 5.97 Å². The van der Waals surface area contributed by atoms with Gasteiger partial charge in [0.1, 0.15) is 0 Å². The zero-order valence-electron chi connectivity index (χ0n) is 11.3. The molecule has 0 spiro atoms. The number of methoxy groups -OCH3 is 1. The minimum absolute atomic E-state index is 0.346. The van der Waals surface area contributed by atoms with Crippen molar-refractivity contribution < 1.29 is 14.6 Å². The first-order valence-corrected chi connectivity index (χ1v) is 6.05. The van der Waals surface area contributed by atoms with E-state index in [1.165, 1.54) is 0 Å². The third-order valence-electron chi connectivity index (χ3n) is 3.17. The summed E-state index contributed by atoms with van der Waals surface area (Å²) in [6.45, 7) is 4.30. The third-order valence-corrected chi connectivity index (χ3v) is 3.17. The number of carboxylic acids is 1. The van der Waals surface area contributed by atoms with Gasteiger partial charge in [0.2, 0.25) is 0 Å². The fourth-order valence-corrected chi connectivity index (χ4v) is 2.28. The van der Waals surface area contributed by atoms with E-state index in [1.807, 2.05) is 42.7 Å². The highest BCUT2D eigenvalue weighted by atomic mass is 16.5. The molecule has 0 aliphatic carbocycles. The Hall–Kier alpha value is -2.07. The number of hydrogen-bond donors (Lipinski definition) is 1. The van der Waals surface area contributed by atoms with Crippen molar-refractivity contribution in [1.82, 2.24) is 4.57 Å². The number of ether oxygens (including phenoxy) is 1. The maximum atomic E-state index is 11.1. The number of carboxylic acid groups (broad SMARTS) is 1. The molecule has 0 saturated heterocycles. The van der Waals surface area contributed by atoms with Crippen molar-refractivity contribution in [2.45, 2.75) is 20.5 Å². The van der Waals surface area contributed by atoms with Gasteiger partial charge in [0.15, 0.2) is 0 Å². The van der Waals surface area contributed by atoms with E-state index in [0.717, 1.165) is 22.6 Å². The van der Waals surface area contributed by atoms with Crippen LogP contribution in [-0.4, -0.2) is 22.8 Å². The van der Waals surface area contributed by atoms with Crippen molar-refractivity contribution in [2.75, 3.05) is 7.11 Å². The summed E-state index contributed by atoms with van der Waals surface area (Å²) in [6.07, 6.45) is 0. The predicted octanol–water partition coefficient (Wildman–Crippen LogP) is 2.94. The SMILES string of the molecule is COCc1ccc(-n2c(C)cc(C(=O)O)c2C)cc1. The van der Waals surface area contributed by atoms with Crippen LogP contribution in [0.3, 0.4) is 0 Å². The zero-order chi connectivity index (χ0) is 14.0. The maximum absolute atomic E-state index is 11.1. The van der Waals surface area contributed by atoms with E-state index in [4.69, 9.17) is 9.84 Å². The minimum Gasteiger partial charge on any atom is -0.478 e. The number of carbonyl (C=O) groups is 1. The smallest absolute Gasteiger partial charge is 0.337 e. The summed E-state index contributed by atoms with van der Waals surface area (Å²) in [5, 5.41) is 9.13. The second kappa shape index (κ2) is 5.28. The largest absolute Gasteiger partial charge is 0.478 e. The molecule has 0 unspecified atom stereocenters. The molecule has 100 valence electrons. The van der Waals surface area contributed by atoms with Crippen molar-refractivity contribution >= 4 is 5.97 Å². The molecular weight excluding hydrogens is 242 g/mol. The standard InChI is InChI=1S/C15H17NO3/c1-10-8-14(15(17)18)11(2)16(10)13-6-4-12(5-7-13)9-19-3/h4-8H,9H2,1-3H3,(H,17,18). The summed E-state index contributed by atoms with van der Waals surface area (Å²) in [5.41, 5.74) is 4.05. The normalized spacial score (nSPS) is 10.7. The Kier molecular flexibility index (Phi) is 3.71. The second-order valence-corrected chi connectivity index (χ2v) is 4.52. The average Bonchev–Trinajstić information content (AvgIpc) is 2.67. The van der Waals surface area contributed by atoms with Crippen molar-refractivity contribution in [2.24, 2.45) is 0 Å². The van der Waals surface area contributed by atoms with Gasteiger partial charge in [-0.3, -0.25) is 0 Å². The number of nitrogens with zero attached hydrogens (tertiary/aromatic N) is 1. The average molecular weight is 259 g/mol. The van der Waals surface area contributed by atoms with E-state index in [2.05, 4.69) is 0 Å². The van der Waals surface area contributed by atoms with Crippen LogP contribution in [0.2, 0.25) is 0 Å². The fraction of sp³-hybridized carbons (Fsp3) is 0.267. The first-order valence-electron chi connectivity index (χ1n) is 6.05. The number of aromatic carboxylic acids is 1. The molecule has 2 rings (SSSR count). The van der Waals surface area contributed by atoms with Crippen LogP contribution in [0, 0.1) is 13.8 Å². The van der Waals surface area contributed by atoms with Crippen LogP contribution in [0.15, 0.2) is 30.3 Å². The van der Waals surface area contributed by atoms with Crippen LogP contribution < -0.4 is 0 Å². The van der Waals surface area contributed by atoms with Gasteiger partial charge in [-0.15, -0.1) is 0 Å². The summed E-state index contributed by atoms with van der Waals surface area (Å²) in [5.74, 6) is -0.893. The van der Waals surface area contributed by atoms with Gasteiger partial charge in [-0.1, -0.05) is 12.1 Å². The highest BCUT2D eigenvalue weighted by molar-refractivity contribution is 5.89. The summed E-state index contributed by atoms with van der Waals surface area (Å²) < 4.78 is 7.02. The third kappa shape index (κ3) is 2.53. The number of rotatable bonds is 4. The van der Waals surface area contributed by atoms with E-state index in [1.54, 1.807) is 13.2 Å². The Morgan fingerprint density at radius 3 is 2.37 bits per heavy atom. The Morgan fingerprint density at radius 2 is 1.89 bits per heavy atom. The molecule has 0 amide bonds. The predicted molar refractivity (Wildman–Crippen MR) is 72.9 cm³/mol. The molecule has 0 fully saturated rings. The van der Waals surface area contributed by atoms with E-state index in [0.29, 0.717) is 12.2 Å². The lowest BCUT2D eigenvalue weighted by Crippen LogP contribution is -2.02. The second-order valence-electron chi connectivity index (χ2n) is 4.52. The first kappa shape index (κ1) is 13.4. The summed E-state index contributed by atoms with van der Waals surface area (Å²) in [7, 11) is 1.66. The molecule has 1 aromatic carbocycles. The number of benzene rings is 1. The number of aromatic nitrogens is 1. The maximum Gasteiger partial charge on any atom is 0.337 e. The highest BCUT2D eigenvalue weighted by Crippen LogP contribution is 2.21. The molecule has 4 heteroatoms. The quantitative estimate of drug-likeness (QED) is 0.918. The van der Waals surface area contributed by atoms with E-state index in [-0.39, 0.29) is 0 Å². The van der Waals surface area contributed by atoms with E-state index >= 15 is 0 Å². The molecule has 0 aliphatic heterocycles. The Balaban J connectivity index is 2.44. The van der Waals surface area contributed by atoms with Crippen molar-refractivity contribution in [3.8, 4) is 5.69 Å². The van der Waals surface area contributed by atoms with Gasteiger partial charge in [-0.05, 0) is 37.6 Å². The summed E-state index contributed by atoms with van der Waals surface area (Å²) in [4.78, 5) is 11.1. The van der Waals surface area contributed by atoms with Crippen LogP contribution in [0.1, 0.15) is 27.3 Å². The molecule has 0 bridgehead atoms. The molecule has 0 saturated carbocycles. The highest BCUT2D eigenvalue weighted by Gasteiger charge is 2.15. The molecular formula is C15H17NO3. The molecule has 1 heterocycles. The summed E-state index contributed by atoms with van der Waals surface area (Å²) >= 11 is 0. The Labute approximate surface area is 112 Å². The number of aryl methyl sites for hydroxylation is 1. The Bertz CT molecular complexity index is 597. The van der Waals surface area contributed by atoms with Gasteiger partial charge in [0.25, 0.3) is 0 Å². The van der Waals surface area contributed by atoms with Gasteiger partial charge in [-0.25, -0.2) is 4.79 Å². The molecule has 19 heavy (non-hydrogen) atoms. The van der Waals surface area contributed by atoms with Crippen LogP contribution in [0.4, 0.5) is 0 Å². The summed E-state index contributed by atoms with van der Waals surface area (Å²) in [6, 6.07) is 9.61. The lowest BCUT2D eigenvalue weighted by atomic mass is 10.2. The van der Waals surface area contributed by atoms with E-state index in [9.17, 15) is 4.79 Å². The molecule has 1 N–H and O–H groups in total. The van der Waals surface area contributed by atoms with Crippen LogP contribution in [-0.2, 0) is 11.3 Å². The monoisotopic (exact) mass is 259 g/mol. The van der Waals surface area contributed by atoms with Crippen LogP contribution >= 0.6 is 0 Å². The molecule has 0 radical (unpaired) electrons. The fourth-order valence-electron chi connectivity index (χ4n) is 2.28. The molecule has 2 aromatic rings. The molecule has 1 aromatic heterocycles. The number of hydrogen-bond acceptors (Lipinski definition) is 2. The first-order chi connectivity index (χ1) is 9.04. The molecule has 0 atom stereocenters. The van der Waals surface area contributed by atoms with Crippen molar-refractivity contribution in [3.05, 3.63) is 52.8 Å². The lowest BCUT2D eigenvalue weighted by molar-refractivity contribution is 0.0696. The van der Waals surface area contributed by atoms with E-state index < -0.39 is 5.97 Å². The lowest BCUT2D eigenvalue weighted by Gasteiger charge is -2.10.